The number of fused-ring (bicyclic) bond motifs is 1. The lowest BCUT2D eigenvalue weighted by Crippen LogP contribution is -2.10. The van der Waals surface area contributed by atoms with Crippen molar-refractivity contribution < 1.29 is 0 Å². The molecule has 0 aliphatic heterocycles. The maximum absolute atomic E-state index is 12.0. The second-order valence-corrected chi connectivity index (χ2v) is 4.85. The fourth-order valence-electron chi connectivity index (χ4n) is 2.75. The van der Waals surface area contributed by atoms with Gasteiger partial charge in [-0.25, -0.2) is 0 Å². The monoisotopic (exact) mass is 250 g/mol. The number of aromatic nitrogens is 1. The van der Waals surface area contributed by atoms with Crippen molar-refractivity contribution >= 4 is 0 Å². The molecule has 3 nitrogen and oxygen atoms in total. The normalized spacial score (nSPS) is 15.7. The first-order valence-electron chi connectivity index (χ1n) is 6.53. The van der Waals surface area contributed by atoms with Gasteiger partial charge in [-0.2, -0.15) is 5.26 Å². The van der Waals surface area contributed by atoms with Gasteiger partial charge in [-0.1, -0.05) is 43.7 Å². The highest BCUT2D eigenvalue weighted by Gasteiger charge is 2.38. The smallest absolute Gasteiger partial charge is 0.266 e. The van der Waals surface area contributed by atoms with E-state index in [4.69, 9.17) is 0 Å². The highest BCUT2D eigenvalue weighted by molar-refractivity contribution is 5.80. The standard InChI is InChI=1S/C16H14N2O/c1-2-6-11-14-13(10-7-4-3-5-8-10)12(9-17)16(19)18-15(11)14/h3-5,7-8,11H,2,6H2,1H3,(H,18,19). The highest BCUT2D eigenvalue weighted by Crippen LogP contribution is 2.50. The first kappa shape index (κ1) is 11.7. The van der Waals surface area contributed by atoms with E-state index in [9.17, 15) is 10.1 Å². The van der Waals surface area contributed by atoms with E-state index >= 15 is 0 Å². The molecule has 1 aliphatic carbocycles. The number of benzene rings is 1. The summed E-state index contributed by atoms with van der Waals surface area (Å²) in [5, 5.41) is 9.25. The molecule has 2 aromatic rings. The molecule has 1 atom stereocenters. The lowest BCUT2D eigenvalue weighted by atomic mass is 10.00. The highest BCUT2D eigenvalue weighted by atomic mass is 16.1. The third-order valence-electron chi connectivity index (χ3n) is 3.65. The zero-order chi connectivity index (χ0) is 13.4. The Morgan fingerprint density at radius 1 is 1.32 bits per heavy atom. The number of hydrogen-bond acceptors (Lipinski definition) is 2. The van der Waals surface area contributed by atoms with E-state index in [1.54, 1.807) is 0 Å². The maximum atomic E-state index is 12.0. The fraction of sp³-hybridized carbons (Fsp3) is 0.250. The summed E-state index contributed by atoms with van der Waals surface area (Å²) in [4.78, 5) is 14.8. The molecule has 0 bridgehead atoms. The minimum absolute atomic E-state index is 0.239. The SMILES string of the molecule is CCCC1c2[nH]c(=O)c(C#N)c(-c3ccccc3)c21. The van der Waals surface area contributed by atoms with Gasteiger partial charge in [-0.3, -0.25) is 4.79 Å². The molecule has 3 rings (SSSR count). The van der Waals surface area contributed by atoms with E-state index in [2.05, 4.69) is 18.0 Å². The van der Waals surface area contributed by atoms with Crippen LogP contribution in [0.2, 0.25) is 0 Å². The fourth-order valence-corrected chi connectivity index (χ4v) is 2.75. The summed E-state index contributed by atoms with van der Waals surface area (Å²) < 4.78 is 0. The van der Waals surface area contributed by atoms with E-state index < -0.39 is 0 Å². The van der Waals surface area contributed by atoms with Crippen LogP contribution in [0.5, 0.6) is 0 Å². The zero-order valence-electron chi connectivity index (χ0n) is 10.7. The second-order valence-electron chi connectivity index (χ2n) is 4.85. The largest absolute Gasteiger partial charge is 0.324 e. The molecule has 1 N–H and O–H groups in total. The van der Waals surface area contributed by atoms with Crippen molar-refractivity contribution in [3.8, 4) is 17.2 Å². The summed E-state index contributed by atoms with van der Waals surface area (Å²) in [6, 6.07) is 11.8. The molecule has 19 heavy (non-hydrogen) atoms. The Morgan fingerprint density at radius 2 is 2.05 bits per heavy atom. The predicted molar refractivity (Wildman–Crippen MR) is 74.0 cm³/mol. The van der Waals surface area contributed by atoms with Crippen LogP contribution >= 0.6 is 0 Å². The molecule has 0 fully saturated rings. The van der Waals surface area contributed by atoms with E-state index in [-0.39, 0.29) is 11.1 Å². The third-order valence-corrected chi connectivity index (χ3v) is 3.65. The molecule has 1 aromatic carbocycles. The molecule has 1 aliphatic rings. The molecular weight excluding hydrogens is 236 g/mol. The van der Waals surface area contributed by atoms with Crippen molar-refractivity contribution in [2.75, 3.05) is 0 Å². The van der Waals surface area contributed by atoms with E-state index in [1.807, 2.05) is 30.3 Å². The summed E-state index contributed by atoms with van der Waals surface area (Å²) in [6.07, 6.45) is 2.09. The average Bonchev–Trinajstić information content (AvgIpc) is 3.11. The van der Waals surface area contributed by atoms with Crippen LogP contribution in [0.15, 0.2) is 35.1 Å². The Kier molecular flexibility index (Phi) is 2.72. The van der Waals surface area contributed by atoms with Crippen molar-refractivity contribution in [3.63, 3.8) is 0 Å². The minimum atomic E-state index is -0.265. The first-order valence-corrected chi connectivity index (χ1v) is 6.53. The lowest BCUT2D eigenvalue weighted by Gasteiger charge is -2.02. The first-order chi connectivity index (χ1) is 9.27. The van der Waals surface area contributed by atoms with Gasteiger partial charge in [0.25, 0.3) is 5.56 Å². The molecular formula is C16H14N2O. The van der Waals surface area contributed by atoms with Crippen molar-refractivity contribution in [3.05, 3.63) is 57.5 Å². The molecule has 1 unspecified atom stereocenters. The van der Waals surface area contributed by atoms with Gasteiger partial charge < -0.3 is 4.98 Å². The summed E-state index contributed by atoms with van der Waals surface area (Å²) in [5.41, 5.74) is 3.94. The number of hydrogen-bond donors (Lipinski definition) is 1. The van der Waals surface area contributed by atoms with Crippen LogP contribution in [-0.2, 0) is 0 Å². The second kappa shape index (κ2) is 4.40. The molecule has 0 saturated carbocycles. The summed E-state index contributed by atoms with van der Waals surface area (Å²) in [7, 11) is 0. The Bertz CT molecular complexity index is 723. The van der Waals surface area contributed by atoms with Gasteiger partial charge in [0, 0.05) is 17.2 Å². The molecule has 0 saturated heterocycles. The summed E-state index contributed by atoms with van der Waals surface area (Å²) in [6.45, 7) is 2.13. The van der Waals surface area contributed by atoms with Crippen LogP contribution in [0.1, 0.15) is 42.5 Å². The molecule has 1 aromatic heterocycles. The summed E-state index contributed by atoms with van der Waals surface area (Å²) in [5.74, 6) is 0.329. The van der Waals surface area contributed by atoms with Crippen molar-refractivity contribution in [2.24, 2.45) is 0 Å². The third kappa shape index (κ3) is 1.77. The number of nitrogens with one attached hydrogen (secondary N) is 1. The van der Waals surface area contributed by atoms with Crippen LogP contribution in [0.3, 0.4) is 0 Å². The quantitative estimate of drug-likeness (QED) is 0.909. The minimum Gasteiger partial charge on any atom is -0.324 e. The number of nitrogens with zero attached hydrogens (tertiary/aromatic N) is 1. The number of aromatic amines is 1. The Labute approximate surface area is 111 Å². The molecule has 0 amide bonds. The van der Waals surface area contributed by atoms with Gasteiger partial charge >= 0.3 is 0 Å². The van der Waals surface area contributed by atoms with Crippen LogP contribution in [0.25, 0.3) is 11.1 Å². The number of H-pyrrole nitrogens is 1. The van der Waals surface area contributed by atoms with Crippen LogP contribution < -0.4 is 5.56 Å². The Balaban J connectivity index is 2.23. The van der Waals surface area contributed by atoms with E-state index in [0.717, 1.165) is 35.2 Å². The van der Waals surface area contributed by atoms with E-state index in [1.165, 1.54) is 0 Å². The molecule has 3 heteroatoms. The predicted octanol–water partition coefficient (Wildman–Crippen LogP) is 3.16. The summed E-state index contributed by atoms with van der Waals surface area (Å²) >= 11 is 0. The van der Waals surface area contributed by atoms with Crippen LogP contribution in [0, 0.1) is 11.3 Å². The molecule has 0 spiro atoms. The van der Waals surface area contributed by atoms with Crippen molar-refractivity contribution in [1.82, 2.24) is 4.98 Å². The molecule has 1 heterocycles. The van der Waals surface area contributed by atoms with Crippen molar-refractivity contribution in [2.45, 2.75) is 25.7 Å². The van der Waals surface area contributed by atoms with Gasteiger partial charge in [-0.05, 0) is 17.5 Å². The zero-order valence-corrected chi connectivity index (χ0v) is 10.7. The van der Waals surface area contributed by atoms with Gasteiger partial charge in [0.2, 0.25) is 0 Å². The number of pyridine rings is 1. The van der Waals surface area contributed by atoms with Crippen LogP contribution in [0.4, 0.5) is 0 Å². The maximum Gasteiger partial charge on any atom is 0.266 e. The van der Waals surface area contributed by atoms with Gasteiger partial charge in [0.05, 0.1) is 0 Å². The number of nitriles is 1. The van der Waals surface area contributed by atoms with Gasteiger partial charge in [-0.15, -0.1) is 0 Å². The van der Waals surface area contributed by atoms with Gasteiger partial charge in [0.15, 0.2) is 0 Å². The topological polar surface area (TPSA) is 56.6 Å². The Morgan fingerprint density at radius 3 is 2.68 bits per heavy atom. The molecule has 94 valence electrons. The lowest BCUT2D eigenvalue weighted by molar-refractivity contribution is 0.775. The van der Waals surface area contributed by atoms with Crippen molar-refractivity contribution in [1.29, 1.82) is 5.26 Å². The number of rotatable bonds is 3. The van der Waals surface area contributed by atoms with Crippen LogP contribution in [-0.4, -0.2) is 4.98 Å². The Hall–Kier alpha value is -2.34. The van der Waals surface area contributed by atoms with Gasteiger partial charge in [0.1, 0.15) is 11.6 Å². The average molecular weight is 250 g/mol. The van der Waals surface area contributed by atoms with E-state index in [0.29, 0.717) is 5.92 Å². The molecule has 0 radical (unpaired) electrons.